The fourth-order valence-corrected chi connectivity index (χ4v) is 3.43. The van der Waals surface area contributed by atoms with E-state index in [9.17, 15) is 13.9 Å². The third-order valence-corrected chi connectivity index (χ3v) is 5.27. The Kier molecular flexibility index (Phi) is 12.5. The molecule has 0 amide bonds. The Bertz CT molecular complexity index is 493. The molecule has 0 aliphatic carbocycles. The summed E-state index contributed by atoms with van der Waals surface area (Å²) in [5.41, 5.74) is 0.288. The zero-order chi connectivity index (χ0) is 20.2. The number of carbonyl (C=O) groups excluding carboxylic acids is 1. The second kappa shape index (κ2) is 12.8. The van der Waals surface area contributed by atoms with Crippen molar-refractivity contribution in [1.82, 2.24) is 0 Å². The molecule has 4 N–H and O–H groups in total. The van der Waals surface area contributed by atoms with Crippen LogP contribution in [0.1, 0.15) is 45.4 Å². The molecule has 0 bridgehead atoms. The van der Waals surface area contributed by atoms with Gasteiger partial charge in [0.1, 0.15) is 6.61 Å². The fourth-order valence-electron chi connectivity index (χ4n) is 2.16. The Hall–Kier alpha value is -0.530. The van der Waals surface area contributed by atoms with E-state index < -0.39 is 21.2 Å². The van der Waals surface area contributed by atoms with Crippen molar-refractivity contribution in [3.63, 3.8) is 0 Å². The number of carbonyl (C=O) groups is 1. The molecule has 0 aliphatic rings. The lowest BCUT2D eigenvalue weighted by molar-refractivity contribution is -0.141. The third-order valence-electron chi connectivity index (χ3n) is 3.47. The zero-order valence-electron chi connectivity index (χ0n) is 15.1. The molecule has 0 unspecified atom stereocenters. The molecule has 0 aliphatic heterocycles. The van der Waals surface area contributed by atoms with E-state index in [1.54, 1.807) is 0 Å². The molecule has 0 saturated heterocycles. The topological polar surface area (TPSA) is 151 Å². The van der Waals surface area contributed by atoms with E-state index in [1.165, 1.54) is 6.92 Å². The molecule has 0 atom stereocenters. The molecular weight excluding hydrogens is 386 g/mol. The molecule has 0 aromatic rings. The van der Waals surface area contributed by atoms with E-state index in [-0.39, 0.29) is 37.2 Å². The number of hydrogen-bond donors (Lipinski definition) is 4. The van der Waals surface area contributed by atoms with Gasteiger partial charge in [0, 0.05) is 17.9 Å². The average molecular weight is 416 g/mol. The summed E-state index contributed by atoms with van der Waals surface area (Å²) in [6, 6.07) is 0. The second-order valence-corrected chi connectivity index (χ2v) is 9.73. The van der Waals surface area contributed by atoms with E-state index in [0.717, 1.165) is 0 Å². The van der Waals surface area contributed by atoms with Crippen molar-refractivity contribution in [1.29, 1.82) is 0 Å². The van der Waals surface area contributed by atoms with Crippen LogP contribution in [-0.4, -0.2) is 57.2 Å². The second-order valence-electron chi connectivity index (χ2n) is 6.18. The van der Waals surface area contributed by atoms with Crippen LogP contribution in [0.3, 0.4) is 0 Å². The summed E-state index contributed by atoms with van der Waals surface area (Å²) in [4.78, 5) is 46.7. The van der Waals surface area contributed by atoms with Gasteiger partial charge < -0.3 is 29.0 Å². The van der Waals surface area contributed by atoms with Crippen LogP contribution < -0.4 is 0 Å². The van der Waals surface area contributed by atoms with Crippen LogP contribution in [0, 0.1) is 0 Å². The maximum absolute atomic E-state index is 11.3. The van der Waals surface area contributed by atoms with Crippen LogP contribution in [-0.2, 0) is 23.4 Å². The predicted molar refractivity (Wildman–Crippen MR) is 97.0 cm³/mol. The van der Waals surface area contributed by atoms with Crippen LogP contribution in [0.15, 0.2) is 12.2 Å². The van der Waals surface area contributed by atoms with Gasteiger partial charge in [0.15, 0.2) is 0 Å². The molecule has 11 heteroatoms. The molecule has 0 aromatic carbocycles. The number of rotatable bonds is 15. The van der Waals surface area contributed by atoms with Crippen molar-refractivity contribution in [2.24, 2.45) is 0 Å². The Morgan fingerprint density at radius 3 is 1.77 bits per heavy atom. The summed E-state index contributed by atoms with van der Waals surface area (Å²) in [5, 5.41) is 0. The maximum atomic E-state index is 11.3. The number of ether oxygens (including phenoxy) is 2. The predicted octanol–water partition coefficient (Wildman–Crippen LogP) is 2.19. The molecule has 154 valence electrons. The minimum Gasteiger partial charge on any atom is -0.460 e. The average Bonchev–Trinajstić information content (AvgIpc) is 2.48. The minimum atomic E-state index is -4.01. The van der Waals surface area contributed by atoms with Gasteiger partial charge in [0.05, 0.1) is 12.7 Å². The number of unbranched alkanes of at least 4 members (excludes halogenated alkanes) is 2. The highest BCUT2D eigenvalue weighted by Crippen LogP contribution is 2.36. The SMILES string of the molecule is C=C(C)C(=O)OCCOC(CCCCP(=O)(O)O)CCCCP(=O)(O)O. The smallest absolute Gasteiger partial charge is 0.333 e. The summed E-state index contributed by atoms with van der Waals surface area (Å²) in [6.45, 7) is 5.23. The molecule has 0 aromatic heterocycles. The monoisotopic (exact) mass is 416 g/mol. The summed E-state index contributed by atoms with van der Waals surface area (Å²) < 4.78 is 32.3. The van der Waals surface area contributed by atoms with Gasteiger partial charge >= 0.3 is 21.2 Å². The van der Waals surface area contributed by atoms with E-state index in [2.05, 4.69) is 6.58 Å². The van der Waals surface area contributed by atoms with Crippen LogP contribution >= 0.6 is 15.2 Å². The lowest BCUT2D eigenvalue weighted by atomic mass is 10.1. The van der Waals surface area contributed by atoms with Gasteiger partial charge in [-0.15, -0.1) is 0 Å². The third kappa shape index (κ3) is 16.9. The molecule has 0 heterocycles. The van der Waals surface area contributed by atoms with Gasteiger partial charge in [0.25, 0.3) is 0 Å². The van der Waals surface area contributed by atoms with Gasteiger partial charge in [-0.1, -0.05) is 19.4 Å². The summed E-state index contributed by atoms with van der Waals surface area (Å²) in [5.74, 6) is -0.506. The van der Waals surface area contributed by atoms with Gasteiger partial charge in [-0.05, 0) is 32.6 Å². The summed E-state index contributed by atoms with van der Waals surface area (Å²) in [7, 11) is -8.02. The van der Waals surface area contributed by atoms with Crippen LogP contribution in [0.5, 0.6) is 0 Å². The van der Waals surface area contributed by atoms with Crippen molar-refractivity contribution in [2.75, 3.05) is 25.5 Å². The number of esters is 1. The Balaban J connectivity index is 4.21. The normalized spacial score (nSPS) is 12.4. The standard InChI is InChI=1S/C15H30O9P2/c1-13(2)15(16)24-10-9-23-14(7-3-5-11-25(17,18)19)8-4-6-12-26(20,21)22/h14H,1,3-12H2,2H3,(H2,17,18,19)(H2,20,21,22). The Labute approximate surface area is 154 Å². The van der Waals surface area contributed by atoms with Crippen molar-refractivity contribution in [3.05, 3.63) is 12.2 Å². The highest BCUT2D eigenvalue weighted by molar-refractivity contribution is 7.52. The van der Waals surface area contributed by atoms with Crippen molar-refractivity contribution in [2.45, 2.75) is 51.6 Å². The molecule has 0 radical (unpaired) electrons. The molecule has 9 nitrogen and oxygen atoms in total. The van der Waals surface area contributed by atoms with Crippen LogP contribution in [0.4, 0.5) is 0 Å². The van der Waals surface area contributed by atoms with E-state index in [0.29, 0.717) is 38.5 Å². The molecular formula is C15H30O9P2. The van der Waals surface area contributed by atoms with Crippen molar-refractivity contribution < 1.29 is 43.0 Å². The van der Waals surface area contributed by atoms with Crippen molar-refractivity contribution in [3.8, 4) is 0 Å². The first kappa shape index (κ1) is 25.5. The highest BCUT2D eigenvalue weighted by Gasteiger charge is 2.16. The van der Waals surface area contributed by atoms with E-state index in [1.807, 2.05) is 0 Å². The van der Waals surface area contributed by atoms with E-state index >= 15 is 0 Å². The first-order chi connectivity index (χ1) is 11.9. The lowest BCUT2D eigenvalue weighted by Crippen LogP contribution is -2.18. The Morgan fingerprint density at radius 1 is 0.923 bits per heavy atom. The molecule has 0 fully saturated rings. The van der Waals surface area contributed by atoms with E-state index in [4.69, 9.17) is 29.0 Å². The number of hydrogen-bond acceptors (Lipinski definition) is 5. The van der Waals surface area contributed by atoms with Gasteiger partial charge in [0.2, 0.25) is 0 Å². The summed E-state index contributed by atoms with van der Waals surface area (Å²) in [6.07, 6.45) is 2.35. The largest absolute Gasteiger partial charge is 0.460 e. The first-order valence-corrected chi connectivity index (χ1v) is 12.0. The first-order valence-electron chi connectivity index (χ1n) is 8.44. The minimum absolute atomic E-state index is 0.0627. The quantitative estimate of drug-likeness (QED) is 0.136. The lowest BCUT2D eigenvalue weighted by Gasteiger charge is -2.18. The maximum Gasteiger partial charge on any atom is 0.333 e. The molecule has 0 spiro atoms. The van der Waals surface area contributed by atoms with Crippen molar-refractivity contribution >= 4 is 21.2 Å². The van der Waals surface area contributed by atoms with Gasteiger partial charge in [-0.2, -0.15) is 0 Å². The van der Waals surface area contributed by atoms with Crippen LogP contribution in [0.2, 0.25) is 0 Å². The molecule has 0 saturated carbocycles. The molecule has 0 rings (SSSR count). The summed E-state index contributed by atoms with van der Waals surface area (Å²) >= 11 is 0. The Morgan fingerprint density at radius 2 is 1.38 bits per heavy atom. The van der Waals surface area contributed by atoms with Gasteiger partial charge in [-0.3, -0.25) is 9.13 Å². The fraction of sp³-hybridized carbons (Fsp3) is 0.800. The highest BCUT2D eigenvalue weighted by atomic mass is 31.2. The van der Waals surface area contributed by atoms with Crippen LogP contribution in [0.25, 0.3) is 0 Å². The molecule has 26 heavy (non-hydrogen) atoms. The van der Waals surface area contributed by atoms with Gasteiger partial charge in [-0.25, -0.2) is 4.79 Å². The zero-order valence-corrected chi connectivity index (χ0v) is 16.9.